The van der Waals surface area contributed by atoms with Crippen LogP contribution >= 0.6 is 0 Å². The molecule has 10 N–H and O–H groups in total. The number of carbonyl (C=O) groups is 14. The molecule has 0 saturated carbocycles. The van der Waals surface area contributed by atoms with Crippen LogP contribution in [0.4, 0.5) is 36.4 Å². The minimum absolute atomic E-state index is 0. The molecule has 6 heterocycles. The first-order chi connectivity index (χ1) is 55.8. The van der Waals surface area contributed by atoms with Crippen molar-refractivity contribution < 1.29 is 133 Å². The van der Waals surface area contributed by atoms with Crippen LogP contribution in [0.2, 0.25) is 0 Å². The van der Waals surface area contributed by atoms with E-state index in [1.54, 1.807) is 53.7 Å². The number of hydrogen-bond donors (Lipinski definition) is 8. The largest absolute Gasteiger partial charge is 1.00 e. The van der Waals surface area contributed by atoms with Crippen LogP contribution in [0.3, 0.4) is 0 Å². The van der Waals surface area contributed by atoms with Crippen LogP contribution in [-0.4, -0.2) is 219 Å². The fraction of sp³-hybridized carbons (Fsp3) is 0.455. The van der Waals surface area contributed by atoms with Crippen LogP contribution in [0.15, 0.2) is 94.8 Å². The number of amides is 8. The number of aromatic amines is 2. The summed E-state index contributed by atoms with van der Waals surface area (Å²) < 4.78 is 69.0. The zero-order chi connectivity index (χ0) is 86.6. The van der Waals surface area contributed by atoms with Crippen LogP contribution in [0.1, 0.15) is 164 Å². The standard InChI is InChI=1S/C42H49F3N8O12.C35H42N8O10.Li.H2O/c1-24(2)35(58)50-40-49-34-33(37(60)51-40)47-26(22-46-34)23-53(39(62)42(43,44)45)27-12-10-25(11-13-27)36(59)48-30(38(61)63-5)15-14-28(54)8-6-20-64-41(3,4)65-21-7-9-29(55)18-19-52-31(56)16-17-32(52)57;1-35(2,53-18-4-6-25(45)15-16-43-27(46)13-14-28(43)47)52-17-3-5-24(44)11-12-26(33(50)51)40-31(48)21-7-9-22(10-8-21)37-19-23-20-38-30-29(39-23)32(49)42-34(36)41-30;;/h10-13,16-17,22,24,30H,6-9,14-15,18-21,23H2,1-5H3,(H,48,59)(H2,46,49,50,51,58,60);7-10,13-14,20,26,37H,3-6,11-12,15-19H2,1-2H3,(H,40,48)(H,50,51)(H3,36,38,41,42,49);;1H2/q;;+1;/p-1/t30-;26-;;/m00../s1. The number of nitrogens with one attached hydrogen (secondary N) is 6. The molecule has 2 aliphatic rings. The van der Waals surface area contributed by atoms with Gasteiger partial charge in [0.15, 0.2) is 33.9 Å². The number of ether oxygens (including phenoxy) is 5. The maximum absolute atomic E-state index is 13.8. The molecule has 0 spiro atoms. The Morgan fingerprint density at radius 3 is 1.41 bits per heavy atom. The van der Waals surface area contributed by atoms with Gasteiger partial charge in [-0.05, 0) is 115 Å². The number of imide groups is 2. The molecule has 0 saturated heterocycles. The number of fused-ring (bicyclic) bond motifs is 2. The summed E-state index contributed by atoms with van der Waals surface area (Å²) in [7, 11) is 1.08. The molecule has 640 valence electrons. The van der Waals surface area contributed by atoms with Crippen molar-refractivity contribution in [2.75, 3.05) is 67.9 Å². The van der Waals surface area contributed by atoms with Gasteiger partial charge < -0.3 is 56.0 Å². The van der Waals surface area contributed by atoms with Crippen molar-refractivity contribution in [3.8, 4) is 0 Å². The second kappa shape index (κ2) is 46.3. The normalized spacial score (nSPS) is 13.1. The van der Waals surface area contributed by atoms with E-state index in [4.69, 9.17) is 29.4 Å². The van der Waals surface area contributed by atoms with Gasteiger partial charge in [0.25, 0.3) is 46.6 Å². The molecule has 2 aromatic carbocycles. The van der Waals surface area contributed by atoms with E-state index in [-0.39, 0.29) is 214 Å². The molecule has 2 atom stereocenters. The molecule has 6 aromatic rings. The Balaban J connectivity index is 0.000000428. The number of nitrogens with zero attached hydrogens (tertiary/aromatic N) is 9. The van der Waals surface area contributed by atoms with E-state index in [0.717, 1.165) is 59.5 Å². The van der Waals surface area contributed by atoms with E-state index in [1.165, 1.54) is 30.5 Å². The molecule has 0 aliphatic carbocycles. The van der Waals surface area contributed by atoms with E-state index in [2.05, 4.69) is 61.1 Å². The van der Waals surface area contributed by atoms with Crippen LogP contribution in [-0.2, 0) is 94.3 Å². The number of carboxylic acid groups (broad SMARTS) is 1. The number of Topliss-reactive ketones (excluding diaryl/α,β-unsaturated/α-hetero) is 4. The van der Waals surface area contributed by atoms with Crippen LogP contribution in [0, 0.1) is 5.92 Å². The number of anilines is 4. The molecule has 4 aromatic heterocycles. The van der Waals surface area contributed by atoms with Gasteiger partial charge in [0, 0.05) is 117 Å². The molecule has 0 unspecified atom stereocenters. The van der Waals surface area contributed by atoms with Gasteiger partial charge in [-0.1, -0.05) is 13.8 Å². The van der Waals surface area contributed by atoms with Crippen LogP contribution < -0.4 is 61.9 Å². The Kier molecular flexibility index (Phi) is 38.0. The van der Waals surface area contributed by atoms with Gasteiger partial charge in [0.1, 0.15) is 35.2 Å². The molecule has 8 amide bonds. The number of esters is 1. The number of carboxylic acids is 1. The number of alkyl halides is 3. The number of hydrogen-bond acceptors (Lipinski definition) is 30. The predicted molar refractivity (Wildman–Crippen MR) is 414 cm³/mol. The average Bonchev–Trinajstić information content (AvgIpc) is 1.02. The smallest absolute Gasteiger partial charge is 0.870 e. The number of halogens is 3. The summed E-state index contributed by atoms with van der Waals surface area (Å²) in [6, 6.07) is 8.06. The molecule has 8 rings (SSSR count). The summed E-state index contributed by atoms with van der Waals surface area (Å²) in [5.74, 6) is -11.5. The minimum Gasteiger partial charge on any atom is -0.870 e. The SMILES string of the molecule is CC(C)(OCCCC(=O)CC[C@H](NC(=O)c1ccc(NCc2cnc3nc(N)[nH]c(=O)c3n2)cc1)C(=O)O)OCCCC(=O)CCN1C(=O)C=CC1=O.COC(=O)[C@H](CCC(=O)CCCOC(C)(C)OCCCC(=O)CCN1C(=O)C=CC1=O)NC(=O)c1ccc(N(Cc2cnc3nc(NC(=O)C(C)C)[nH]c(=O)c3n2)C(=O)C(F)(F)F)cc1.[Li+].[OH-]. The van der Waals surface area contributed by atoms with Gasteiger partial charge >= 0.3 is 42.9 Å². The number of aromatic nitrogens is 8. The average molecular weight is 1670 g/mol. The first-order valence-corrected chi connectivity index (χ1v) is 37.3. The van der Waals surface area contributed by atoms with Crippen molar-refractivity contribution in [3.63, 3.8) is 0 Å². The number of rotatable bonds is 46. The van der Waals surface area contributed by atoms with Crippen molar-refractivity contribution in [1.29, 1.82) is 0 Å². The summed E-state index contributed by atoms with van der Waals surface area (Å²) >= 11 is 0. The van der Waals surface area contributed by atoms with Crippen molar-refractivity contribution in [1.82, 2.24) is 60.3 Å². The summed E-state index contributed by atoms with van der Waals surface area (Å²) in [4.78, 5) is 227. The zero-order valence-corrected chi connectivity index (χ0v) is 67.1. The first kappa shape index (κ1) is 98.5. The molecule has 120 heavy (non-hydrogen) atoms. The summed E-state index contributed by atoms with van der Waals surface area (Å²) in [5, 5.41) is 20.1. The number of nitrogen functional groups attached to an aromatic ring is 1. The molecule has 39 nitrogen and oxygen atoms in total. The number of nitrogens with two attached hydrogens (primary N) is 1. The van der Waals surface area contributed by atoms with E-state index >= 15 is 0 Å². The first-order valence-electron chi connectivity index (χ1n) is 37.3. The van der Waals surface area contributed by atoms with E-state index < -0.39 is 113 Å². The number of benzene rings is 2. The van der Waals surface area contributed by atoms with Gasteiger partial charge in [0.2, 0.25) is 17.8 Å². The van der Waals surface area contributed by atoms with Crippen molar-refractivity contribution >= 4 is 128 Å². The number of carbonyl (C=O) groups excluding carboxylic acids is 13. The third-order valence-corrected chi connectivity index (χ3v) is 17.6. The van der Waals surface area contributed by atoms with Crippen molar-refractivity contribution in [3.05, 3.63) is 128 Å². The summed E-state index contributed by atoms with van der Waals surface area (Å²) in [6.07, 6.45) is 3.55. The van der Waals surface area contributed by atoms with Gasteiger partial charge in [-0.3, -0.25) is 97.1 Å². The van der Waals surface area contributed by atoms with Gasteiger partial charge in [-0.25, -0.2) is 29.5 Å². The maximum atomic E-state index is 13.8. The topological polar surface area (TPSA) is 562 Å². The predicted octanol–water partition coefficient (Wildman–Crippen LogP) is 1.72. The second-order valence-corrected chi connectivity index (χ2v) is 28.0. The molecule has 43 heteroatoms. The summed E-state index contributed by atoms with van der Waals surface area (Å²) in [5.41, 5.74) is 4.38. The second-order valence-electron chi connectivity index (χ2n) is 28.0. The van der Waals surface area contributed by atoms with Gasteiger partial charge in [-0.2, -0.15) is 23.1 Å². The molecule has 0 fully saturated rings. The van der Waals surface area contributed by atoms with Crippen molar-refractivity contribution in [2.45, 2.75) is 174 Å². The van der Waals surface area contributed by atoms with Gasteiger partial charge in [0.05, 0.1) is 70.4 Å². The van der Waals surface area contributed by atoms with E-state index in [9.17, 15) is 95.0 Å². The summed E-state index contributed by atoms with van der Waals surface area (Å²) in [6.45, 7) is 10.2. The zero-order valence-electron chi connectivity index (χ0n) is 67.1. The third-order valence-electron chi connectivity index (χ3n) is 17.6. The quantitative estimate of drug-likeness (QED) is 0.00886. The third kappa shape index (κ3) is 31.3. The van der Waals surface area contributed by atoms with Gasteiger partial charge in [-0.15, -0.1) is 0 Å². The van der Waals surface area contributed by atoms with Crippen LogP contribution in [0.5, 0.6) is 0 Å². The molecule has 2 aliphatic heterocycles. The van der Waals surface area contributed by atoms with Crippen LogP contribution in [0.25, 0.3) is 22.3 Å². The number of H-pyrrole nitrogens is 2. The Morgan fingerprint density at radius 2 is 0.967 bits per heavy atom. The minimum atomic E-state index is -5.35. The van der Waals surface area contributed by atoms with Crippen molar-refractivity contribution in [2.24, 2.45) is 5.92 Å². The molecule has 0 radical (unpaired) electrons. The fourth-order valence-electron chi connectivity index (χ4n) is 11.2. The molecule has 0 bridgehead atoms. The maximum Gasteiger partial charge on any atom is 1.00 e. The number of ketones is 4. The van der Waals surface area contributed by atoms with E-state index in [0.29, 0.717) is 42.0 Å². The Hall–Kier alpha value is -12.1. The fourth-order valence-corrected chi connectivity index (χ4v) is 11.2. The Labute approximate surface area is 695 Å². The molecular weight excluding hydrogens is 1580 g/mol. The van der Waals surface area contributed by atoms with E-state index in [1.807, 2.05) is 0 Å². The Bertz CT molecular complexity index is 4870. The number of methoxy groups -OCH3 is 1. The monoisotopic (exact) mass is 1670 g/mol. The Morgan fingerprint density at radius 1 is 0.558 bits per heavy atom. The molecular formula is C77H92F3LiN16O23. The number of aliphatic carboxylic acids is 1.